The number of benzene rings is 1. The van der Waals surface area contributed by atoms with Crippen LogP contribution >= 0.6 is 0 Å². The fraction of sp³-hybridized carbons (Fsp3) is 0.143. The number of amides is 1. The Morgan fingerprint density at radius 3 is 2.78 bits per heavy atom. The molecule has 118 valence electrons. The number of nitrogens with one attached hydrogen (secondary N) is 4. The minimum atomic E-state index is -0.292. The Balaban J connectivity index is 1.53. The van der Waals surface area contributed by atoms with Crippen LogP contribution in [0.2, 0.25) is 0 Å². The molecule has 2 aromatic heterocycles. The molecule has 0 spiro atoms. The van der Waals surface area contributed by atoms with Crippen molar-refractivity contribution in [3.05, 3.63) is 46.4 Å². The summed E-state index contributed by atoms with van der Waals surface area (Å²) in [5.74, 6) is 0.148. The molecule has 0 aliphatic rings. The number of rotatable bonds is 5. The second-order valence-electron chi connectivity index (χ2n) is 4.78. The van der Waals surface area contributed by atoms with E-state index in [4.69, 9.17) is 0 Å². The molecule has 1 amide bonds. The number of phenolic OH excluding ortho intramolecular Hbond substituents is 1. The van der Waals surface area contributed by atoms with Crippen molar-refractivity contribution in [1.29, 1.82) is 0 Å². The maximum absolute atomic E-state index is 11.9. The van der Waals surface area contributed by atoms with E-state index >= 15 is 0 Å². The van der Waals surface area contributed by atoms with E-state index in [1.54, 1.807) is 0 Å². The molecule has 2 heterocycles. The summed E-state index contributed by atoms with van der Waals surface area (Å²) in [4.78, 5) is 30.3. The highest BCUT2D eigenvalue weighted by molar-refractivity contribution is 5.94. The van der Waals surface area contributed by atoms with Crippen LogP contribution in [0.15, 0.2) is 35.3 Å². The monoisotopic (exact) mass is 314 g/mol. The van der Waals surface area contributed by atoms with Crippen molar-refractivity contribution in [2.75, 3.05) is 18.4 Å². The lowest BCUT2D eigenvalue weighted by atomic mass is 10.2. The summed E-state index contributed by atoms with van der Waals surface area (Å²) in [7, 11) is 0. The van der Waals surface area contributed by atoms with Gasteiger partial charge in [0, 0.05) is 18.7 Å². The highest BCUT2D eigenvalue weighted by atomic mass is 16.3. The average Bonchev–Trinajstić information content (AvgIpc) is 3.01. The van der Waals surface area contributed by atoms with Crippen molar-refractivity contribution in [2.24, 2.45) is 0 Å². The molecule has 0 saturated heterocycles. The predicted molar refractivity (Wildman–Crippen MR) is 83.4 cm³/mol. The van der Waals surface area contributed by atoms with E-state index in [0.29, 0.717) is 35.6 Å². The molecule has 1 aromatic carbocycles. The minimum absolute atomic E-state index is 0.104. The molecular weight excluding hydrogens is 300 g/mol. The molecule has 0 aliphatic carbocycles. The van der Waals surface area contributed by atoms with E-state index in [2.05, 4.69) is 30.8 Å². The first-order valence-electron chi connectivity index (χ1n) is 6.88. The van der Waals surface area contributed by atoms with Gasteiger partial charge in [0.1, 0.15) is 11.1 Å². The number of H-pyrrole nitrogens is 2. The number of nitrogens with zero attached hydrogens (tertiary/aromatic N) is 2. The molecule has 0 bridgehead atoms. The van der Waals surface area contributed by atoms with Gasteiger partial charge in [0.25, 0.3) is 11.5 Å². The quantitative estimate of drug-likeness (QED) is 0.427. The predicted octanol–water partition coefficient (Wildman–Crippen LogP) is 0.194. The Morgan fingerprint density at radius 2 is 2.00 bits per heavy atom. The number of aromatic amines is 2. The van der Waals surface area contributed by atoms with Gasteiger partial charge in [-0.2, -0.15) is 10.1 Å². The largest absolute Gasteiger partial charge is 0.508 e. The maximum Gasteiger partial charge on any atom is 0.263 e. The van der Waals surface area contributed by atoms with Gasteiger partial charge >= 0.3 is 0 Å². The number of fused-ring (bicyclic) bond motifs is 1. The number of carbonyl (C=O) groups excluding carboxylic acids is 1. The Labute approximate surface area is 129 Å². The Kier molecular flexibility index (Phi) is 3.91. The van der Waals surface area contributed by atoms with Crippen molar-refractivity contribution in [3.63, 3.8) is 0 Å². The molecule has 0 saturated carbocycles. The van der Waals surface area contributed by atoms with E-state index in [-0.39, 0.29) is 17.2 Å². The van der Waals surface area contributed by atoms with Crippen LogP contribution in [0.4, 0.5) is 5.95 Å². The van der Waals surface area contributed by atoms with Gasteiger partial charge in [-0.25, -0.2) is 0 Å². The van der Waals surface area contributed by atoms with Crippen LogP contribution < -0.4 is 16.2 Å². The van der Waals surface area contributed by atoms with Crippen LogP contribution in [0.25, 0.3) is 11.0 Å². The van der Waals surface area contributed by atoms with Crippen molar-refractivity contribution in [1.82, 2.24) is 25.5 Å². The highest BCUT2D eigenvalue weighted by Gasteiger charge is 2.06. The molecule has 3 rings (SSSR count). The molecule has 5 N–H and O–H groups in total. The SMILES string of the molecule is O=C(NCCNc1nc2[nH]ncc2c(=O)[nH]1)c1ccc(O)cc1. The van der Waals surface area contributed by atoms with E-state index in [9.17, 15) is 14.7 Å². The maximum atomic E-state index is 11.9. The molecule has 3 aromatic rings. The summed E-state index contributed by atoms with van der Waals surface area (Å²) < 4.78 is 0. The van der Waals surface area contributed by atoms with Gasteiger partial charge in [0.2, 0.25) is 5.95 Å². The van der Waals surface area contributed by atoms with Gasteiger partial charge in [0.05, 0.1) is 6.20 Å². The van der Waals surface area contributed by atoms with Gasteiger partial charge in [0.15, 0.2) is 5.65 Å². The Hall–Kier alpha value is -3.36. The first kappa shape index (κ1) is 14.6. The van der Waals surface area contributed by atoms with E-state index < -0.39 is 0 Å². The summed E-state index contributed by atoms with van der Waals surface area (Å²) in [6.45, 7) is 0.719. The number of aromatic nitrogens is 4. The van der Waals surface area contributed by atoms with Crippen LogP contribution in [0.5, 0.6) is 5.75 Å². The Morgan fingerprint density at radius 1 is 1.22 bits per heavy atom. The van der Waals surface area contributed by atoms with Gasteiger partial charge in [-0.1, -0.05) is 0 Å². The van der Waals surface area contributed by atoms with Crippen LogP contribution in [0.3, 0.4) is 0 Å². The van der Waals surface area contributed by atoms with Crippen molar-refractivity contribution >= 4 is 22.9 Å². The first-order valence-corrected chi connectivity index (χ1v) is 6.88. The summed E-state index contributed by atoms with van der Waals surface area (Å²) >= 11 is 0. The molecule has 0 aliphatic heterocycles. The minimum Gasteiger partial charge on any atom is -0.508 e. The van der Waals surface area contributed by atoms with Gasteiger partial charge in [-0.05, 0) is 24.3 Å². The molecule has 9 nitrogen and oxygen atoms in total. The zero-order valence-corrected chi connectivity index (χ0v) is 12.0. The molecule has 0 radical (unpaired) electrons. The smallest absolute Gasteiger partial charge is 0.263 e. The van der Waals surface area contributed by atoms with E-state index in [1.807, 2.05) is 0 Å². The summed E-state index contributed by atoms with van der Waals surface area (Å²) in [6, 6.07) is 5.95. The number of hydrogen-bond donors (Lipinski definition) is 5. The van der Waals surface area contributed by atoms with E-state index in [1.165, 1.54) is 30.5 Å². The highest BCUT2D eigenvalue weighted by Crippen LogP contribution is 2.09. The van der Waals surface area contributed by atoms with Crippen LogP contribution in [0.1, 0.15) is 10.4 Å². The van der Waals surface area contributed by atoms with Crippen LogP contribution in [-0.4, -0.2) is 44.3 Å². The summed E-state index contributed by atoms with van der Waals surface area (Å²) in [6.07, 6.45) is 1.41. The zero-order valence-electron chi connectivity index (χ0n) is 12.0. The van der Waals surface area contributed by atoms with Crippen LogP contribution in [-0.2, 0) is 0 Å². The van der Waals surface area contributed by atoms with Crippen LogP contribution in [0, 0.1) is 0 Å². The number of carbonyl (C=O) groups is 1. The standard InChI is InChI=1S/C14H14N6O3/c21-9-3-1-8(2-4-9)12(22)15-5-6-16-14-18-11-10(7-17-20-11)13(23)19-14/h1-4,7,21H,5-6H2,(H,15,22)(H3,16,17,18,19,20,23). The molecule has 9 heteroatoms. The lowest BCUT2D eigenvalue weighted by molar-refractivity contribution is 0.0955. The van der Waals surface area contributed by atoms with Gasteiger partial charge < -0.3 is 15.7 Å². The number of phenols is 1. The van der Waals surface area contributed by atoms with E-state index in [0.717, 1.165) is 0 Å². The summed E-state index contributed by atoms with van der Waals surface area (Å²) in [5, 5.41) is 21.6. The third-order valence-corrected chi connectivity index (χ3v) is 3.15. The number of hydrogen-bond acceptors (Lipinski definition) is 6. The second-order valence-corrected chi connectivity index (χ2v) is 4.78. The summed E-state index contributed by atoms with van der Waals surface area (Å²) in [5.41, 5.74) is 0.553. The molecule has 0 atom stereocenters. The number of aromatic hydroxyl groups is 1. The Bertz CT molecular complexity index is 883. The van der Waals surface area contributed by atoms with Crippen molar-refractivity contribution in [3.8, 4) is 5.75 Å². The average molecular weight is 314 g/mol. The molecule has 0 fully saturated rings. The zero-order chi connectivity index (χ0) is 16.2. The van der Waals surface area contributed by atoms with Crippen molar-refractivity contribution in [2.45, 2.75) is 0 Å². The molecular formula is C14H14N6O3. The normalized spacial score (nSPS) is 10.6. The lowest BCUT2D eigenvalue weighted by Gasteiger charge is -2.07. The third kappa shape index (κ3) is 3.28. The number of anilines is 1. The van der Waals surface area contributed by atoms with Crippen molar-refractivity contribution < 1.29 is 9.90 Å². The fourth-order valence-electron chi connectivity index (χ4n) is 2.00. The van der Waals surface area contributed by atoms with Gasteiger partial charge in [-0.15, -0.1) is 0 Å². The second kappa shape index (κ2) is 6.18. The molecule has 0 unspecified atom stereocenters. The topological polar surface area (TPSA) is 136 Å². The van der Waals surface area contributed by atoms with Gasteiger partial charge in [-0.3, -0.25) is 19.7 Å². The fourth-order valence-corrected chi connectivity index (χ4v) is 2.00. The molecule has 23 heavy (non-hydrogen) atoms. The third-order valence-electron chi connectivity index (χ3n) is 3.15. The first-order chi connectivity index (χ1) is 11.1. The lowest BCUT2D eigenvalue weighted by Crippen LogP contribution is -2.29.